The molecule has 0 spiro atoms. The van der Waals surface area contributed by atoms with Crippen LogP contribution in [0.5, 0.6) is 5.75 Å². The molecule has 20 heavy (non-hydrogen) atoms. The van der Waals surface area contributed by atoms with Gasteiger partial charge in [-0.05, 0) is 42.7 Å². The summed E-state index contributed by atoms with van der Waals surface area (Å²) in [5.41, 5.74) is 2.23. The standard InChI is InChI=1S/C16H19NO2S/c1-4-14-11(2)8-15(20-14)16(18)17-10-12-6-5-7-13(9-12)19-3/h5-9H,4,10H2,1-3H3,(H,17,18). The van der Waals surface area contributed by atoms with Crippen LogP contribution in [-0.4, -0.2) is 13.0 Å². The van der Waals surface area contributed by atoms with Gasteiger partial charge in [-0.2, -0.15) is 0 Å². The maximum atomic E-state index is 12.1. The van der Waals surface area contributed by atoms with Crippen molar-refractivity contribution in [2.45, 2.75) is 26.8 Å². The van der Waals surface area contributed by atoms with Crippen molar-refractivity contribution >= 4 is 17.2 Å². The molecule has 0 aliphatic heterocycles. The third kappa shape index (κ3) is 3.39. The van der Waals surface area contributed by atoms with Crippen molar-refractivity contribution in [3.63, 3.8) is 0 Å². The van der Waals surface area contributed by atoms with Gasteiger partial charge in [-0.15, -0.1) is 11.3 Å². The average Bonchev–Trinajstić information content (AvgIpc) is 2.86. The Morgan fingerprint density at radius 1 is 1.35 bits per heavy atom. The molecule has 0 aliphatic rings. The zero-order valence-electron chi connectivity index (χ0n) is 12.0. The van der Waals surface area contributed by atoms with Gasteiger partial charge in [0.15, 0.2) is 0 Å². The first kappa shape index (κ1) is 14.6. The van der Waals surface area contributed by atoms with Gasteiger partial charge in [-0.1, -0.05) is 19.1 Å². The smallest absolute Gasteiger partial charge is 0.261 e. The van der Waals surface area contributed by atoms with E-state index < -0.39 is 0 Å². The van der Waals surface area contributed by atoms with Crippen LogP contribution in [0.3, 0.4) is 0 Å². The number of rotatable bonds is 5. The number of ether oxygens (including phenoxy) is 1. The molecule has 0 saturated heterocycles. The molecule has 1 heterocycles. The fraction of sp³-hybridized carbons (Fsp3) is 0.312. The highest BCUT2D eigenvalue weighted by Gasteiger charge is 2.11. The highest BCUT2D eigenvalue weighted by atomic mass is 32.1. The van der Waals surface area contributed by atoms with Crippen molar-refractivity contribution in [1.82, 2.24) is 5.32 Å². The Bertz CT molecular complexity index is 604. The van der Waals surface area contributed by atoms with Crippen LogP contribution in [0.4, 0.5) is 0 Å². The SMILES string of the molecule is CCc1sc(C(=O)NCc2cccc(OC)c2)cc1C. The van der Waals surface area contributed by atoms with E-state index in [1.165, 1.54) is 10.4 Å². The van der Waals surface area contributed by atoms with Crippen molar-refractivity contribution in [3.8, 4) is 5.75 Å². The summed E-state index contributed by atoms with van der Waals surface area (Å²) in [7, 11) is 1.64. The predicted molar refractivity (Wildman–Crippen MR) is 82.6 cm³/mol. The third-order valence-electron chi connectivity index (χ3n) is 3.15. The van der Waals surface area contributed by atoms with Gasteiger partial charge >= 0.3 is 0 Å². The second-order valence-electron chi connectivity index (χ2n) is 4.60. The first-order valence-corrected chi connectivity index (χ1v) is 7.46. The van der Waals surface area contributed by atoms with E-state index in [1.54, 1.807) is 18.4 Å². The first-order valence-electron chi connectivity index (χ1n) is 6.64. The summed E-state index contributed by atoms with van der Waals surface area (Å²) >= 11 is 1.57. The Kier molecular flexibility index (Phi) is 4.79. The third-order valence-corrected chi connectivity index (χ3v) is 4.53. The molecule has 0 unspecified atom stereocenters. The van der Waals surface area contributed by atoms with E-state index in [9.17, 15) is 4.79 Å². The number of benzene rings is 1. The molecule has 0 saturated carbocycles. The zero-order chi connectivity index (χ0) is 14.5. The average molecular weight is 289 g/mol. The van der Waals surface area contributed by atoms with Gasteiger partial charge in [-0.3, -0.25) is 4.79 Å². The molecule has 0 fully saturated rings. The highest BCUT2D eigenvalue weighted by molar-refractivity contribution is 7.14. The molecule has 2 rings (SSSR count). The molecule has 0 atom stereocenters. The van der Waals surface area contributed by atoms with Crippen molar-refractivity contribution < 1.29 is 9.53 Å². The van der Waals surface area contributed by atoms with Crippen LogP contribution in [0.1, 0.15) is 32.6 Å². The number of carbonyl (C=O) groups excluding carboxylic acids is 1. The number of hydrogen-bond acceptors (Lipinski definition) is 3. The number of hydrogen-bond donors (Lipinski definition) is 1. The summed E-state index contributed by atoms with van der Waals surface area (Å²) in [4.78, 5) is 14.2. The molecular weight excluding hydrogens is 270 g/mol. The van der Waals surface area contributed by atoms with Crippen LogP contribution in [0.2, 0.25) is 0 Å². The van der Waals surface area contributed by atoms with Crippen LogP contribution in [0.25, 0.3) is 0 Å². The molecular formula is C16H19NO2S. The fourth-order valence-electron chi connectivity index (χ4n) is 2.03. The molecule has 0 radical (unpaired) electrons. The first-order chi connectivity index (χ1) is 9.63. The van der Waals surface area contributed by atoms with Gasteiger partial charge in [-0.25, -0.2) is 0 Å². The summed E-state index contributed by atoms with van der Waals surface area (Å²) < 4.78 is 5.17. The lowest BCUT2D eigenvalue weighted by Gasteiger charge is -2.05. The van der Waals surface area contributed by atoms with Crippen molar-refractivity contribution in [1.29, 1.82) is 0 Å². The van der Waals surface area contributed by atoms with Crippen LogP contribution in [-0.2, 0) is 13.0 Å². The summed E-state index contributed by atoms with van der Waals surface area (Å²) in [5.74, 6) is 0.789. The second kappa shape index (κ2) is 6.57. The minimum Gasteiger partial charge on any atom is -0.497 e. The van der Waals surface area contributed by atoms with Crippen molar-refractivity contribution in [2.75, 3.05) is 7.11 Å². The molecule has 1 aromatic carbocycles. The van der Waals surface area contributed by atoms with Gasteiger partial charge in [0, 0.05) is 11.4 Å². The summed E-state index contributed by atoms with van der Waals surface area (Å²) in [5, 5.41) is 2.95. The molecule has 1 N–H and O–H groups in total. The fourth-order valence-corrected chi connectivity index (χ4v) is 3.06. The van der Waals surface area contributed by atoms with Crippen molar-refractivity contribution in [3.05, 3.63) is 51.2 Å². The quantitative estimate of drug-likeness (QED) is 0.914. The van der Waals surface area contributed by atoms with Gasteiger partial charge in [0.05, 0.1) is 12.0 Å². The summed E-state index contributed by atoms with van der Waals surface area (Å²) in [6, 6.07) is 9.67. The Morgan fingerprint density at radius 3 is 2.80 bits per heavy atom. The number of carbonyl (C=O) groups is 1. The largest absolute Gasteiger partial charge is 0.497 e. The van der Waals surface area contributed by atoms with E-state index in [0.29, 0.717) is 6.54 Å². The number of amides is 1. The Hall–Kier alpha value is -1.81. The molecule has 1 amide bonds. The van der Waals surface area contributed by atoms with Gasteiger partial charge in [0.2, 0.25) is 0 Å². The Balaban J connectivity index is 2.00. The zero-order valence-corrected chi connectivity index (χ0v) is 12.8. The molecule has 106 valence electrons. The van der Waals surface area contributed by atoms with Crippen LogP contribution < -0.4 is 10.1 Å². The van der Waals surface area contributed by atoms with Crippen LogP contribution in [0.15, 0.2) is 30.3 Å². The summed E-state index contributed by atoms with van der Waals surface area (Å²) in [6.07, 6.45) is 0.972. The van der Waals surface area contributed by atoms with E-state index in [4.69, 9.17) is 4.74 Å². The Labute approximate surface area is 123 Å². The number of thiophene rings is 1. The number of methoxy groups -OCH3 is 1. The van der Waals surface area contributed by atoms with Gasteiger partial charge in [0.25, 0.3) is 5.91 Å². The highest BCUT2D eigenvalue weighted by Crippen LogP contribution is 2.22. The molecule has 0 aliphatic carbocycles. The minimum atomic E-state index is -0.0133. The maximum Gasteiger partial charge on any atom is 0.261 e. The van der Waals surface area contributed by atoms with E-state index in [2.05, 4.69) is 12.2 Å². The van der Waals surface area contributed by atoms with E-state index in [1.807, 2.05) is 37.3 Å². The molecule has 2 aromatic rings. The monoisotopic (exact) mass is 289 g/mol. The Morgan fingerprint density at radius 2 is 2.15 bits per heavy atom. The summed E-state index contributed by atoms with van der Waals surface area (Å²) in [6.45, 7) is 4.67. The van der Waals surface area contributed by atoms with E-state index >= 15 is 0 Å². The van der Waals surface area contributed by atoms with Crippen molar-refractivity contribution in [2.24, 2.45) is 0 Å². The molecule has 4 heteroatoms. The predicted octanol–water partition coefficient (Wildman–Crippen LogP) is 3.56. The minimum absolute atomic E-state index is 0.0133. The van der Waals surface area contributed by atoms with Gasteiger partial charge in [0.1, 0.15) is 5.75 Å². The second-order valence-corrected chi connectivity index (χ2v) is 5.74. The molecule has 1 aromatic heterocycles. The lowest BCUT2D eigenvalue weighted by Crippen LogP contribution is -2.21. The topological polar surface area (TPSA) is 38.3 Å². The van der Waals surface area contributed by atoms with Gasteiger partial charge < -0.3 is 10.1 Å². The van der Waals surface area contributed by atoms with Crippen LogP contribution >= 0.6 is 11.3 Å². The lowest BCUT2D eigenvalue weighted by atomic mass is 10.2. The molecule has 3 nitrogen and oxygen atoms in total. The lowest BCUT2D eigenvalue weighted by molar-refractivity contribution is 0.0955. The van der Waals surface area contributed by atoms with E-state index in [0.717, 1.165) is 22.6 Å². The maximum absolute atomic E-state index is 12.1. The normalized spacial score (nSPS) is 10.3. The number of aryl methyl sites for hydroxylation is 2. The van der Waals surface area contributed by atoms with Crippen LogP contribution in [0, 0.1) is 6.92 Å². The molecule has 0 bridgehead atoms. The number of nitrogens with one attached hydrogen (secondary N) is 1. The van der Waals surface area contributed by atoms with E-state index in [-0.39, 0.29) is 5.91 Å².